The lowest BCUT2D eigenvalue weighted by Crippen LogP contribution is -2.16. The van der Waals surface area contributed by atoms with Crippen LogP contribution in [0.15, 0.2) is 12.1 Å². The Bertz CT molecular complexity index is 295. The molecule has 0 aliphatic heterocycles. The van der Waals surface area contributed by atoms with E-state index in [-0.39, 0.29) is 12.4 Å². The molecule has 0 spiro atoms. The molecule has 2 N–H and O–H groups in total. The third-order valence-corrected chi connectivity index (χ3v) is 1.58. The Kier molecular flexibility index (Phi) is 4.87. The fourth-order valence-corrected chi connectivity index (χ4v) is 0.985. The molecule has 6 heteroatoms. The summed E-state index contributed by atoms with van der Waals surface area (Å²) < 4.78 is 50.0. The summed E-state index contributed by atoms with van der Waals surface area (Å²) >= 11 is 0. The smallest absolute Gasteiger partial charge is 0.133 e. The van der Waals surface area contributed by atoms with Crippen molar-refractivity contribution in [2.75, 3.05) is 6.67 Å². The van der Waals surface area contributed by atoms with Gasteiger partial charge in [-0.25, -0.2) is 17.6 Å². The molecule has 0 bridgehead atoms. The number of hydrogen-bond donors (Lipinski definition) is 1. The van der Waals surface area contributed by atoms with Gasteiger partial charge in [-0.1, -0.05) is 0 Å². The van der Waals surface area contributed by atoms with Crippen LogP contribution in [-0.2, 0) is 0 Å². The standard InChI is InChI=1S/C8H7F4N.ClH/c9-3-7(13)8-5(11)1-4(10)2-6(8)12;/h1-2,7H,3,13H2;1H/t7-;/m0./s1. The molecular weight excluding hydrogens is 222 g/mol. The highest BCUT2D eigenvalue weighted by molar-refractivity contribution is 5.85. The van der Waals surface area contributed by atoms with Crippen molar-refractivity contribution in [1.29, 1.82) is 0 Å². The zero-order valence-electron chi connectivity index (χ0n) is 6.94. The Morgan fingerprint density at radius 1 is 1.14 bits per heavy atom. The van der Waals surface area contributed by atoms with E-state index in [9.17, 15) is 17.6 Å². The Balaban J connectivity index is 0.00000169. The Labute approximate surface area is 84.3 Å². The molecule has 1 rings (SSSR count). The highest BCUT2D eigenvalue weighted by Gasteiger charge is 2.17. The van der Waals surface area contributed by atoms with Crippen LogP contribution in [0.2, 0.25) is 0 Å². The van der Waals surface area contributed by atoms with Crippen LogP contribution in [0.5, 0.6) is 0 Å². The van der Waals surface area contributed by atoms with Gasteiger partial charge >= 0.3 is 0 Å². The van der Waals surface area contributed by atoms with Gasteiger partial charge in [-0.15, -0.1) is 12.4 Å². The molecule has 0 amide bonds. The van der Waals surface area contributed by atoms with Gasteiger partial charge in [-0.3, -0.25) is 0 Å². The summed E-state index contributed by atoms with van der Waals surface area (Å²) in [7, 11) is 0. The van der Waals surface area contributed by atoms with E-state index in [1.54, 1.807) is 0 Å². The fraction of sp³-hybridized carbons (Fsp3) is 0.250. The summed E-state index contributed by atoms with van der Waals surface area (Å²) in [5.41, 5.74) is 4.45. The summed E-state index contributed by atoms with van der Waals surface area (Å²) in [6.07, 6.45) is 0. The zero-order valence-corrected chi connectivity index (χ0v) is 7.75. The van der Waals surface area contributed by atoms with Gasteiger partial charge in [-0.2, -0.15) is 0 Å². The summed E-state index contributed by atoms with van der Waals surface area (Å²) in [5.74, 6) is -3.38. The lowest BCUT2D eigenvalue weighted by molar-refractivity contribution is 0.410. The number of halogens is 5. The van der Waals surface area contributed by atoms with Gasteiger partial charge in [0.05, 0.1) is 6.04 Å². The predicted octanol–water partition coefficient (Wildman–Crippen LogP) is 2.50. The molecule has 1 nitrogen and oxygen atoms in total. The molecule has 1 aromatic rings. The number of nitrogens with two attached hydrogens (primary N) is 1. The van der Waals surface area contributed by atoms with Gasteiger partial charge < -0.3 is 5.73 Å². The molecule has 1 atom stereocenters. The molecule has 0 aromatic heterocycles. The number of rotatable bonds is 2. The fourth-order valence-electron chi connectivity index (χ4n) is 0.985. The quantitative estimate of drug-likeness (QED) is 0.775. The Morgan fingerprint density at radius 3 is 1.93 bits per heavy atom. The van der Waals surface area contributed by atoms with Gasteiger partial charge in [0.2, 0.25) is 0 Å². The third kappa shape index (κ3) is 2.59. The van der Waals surface area contributed by atoms with Gasteiger partial charge in [0, 0.05) is 17.7 Å². The third-order valence-electron chi connectivity index (χ3n) is 1.58. The van der Waals surface area contributed by atoms with Crippen LogP contribution in [0, 0.1) is 17.5 Å². The summed E-state index contributed by atoms with van der Waals surface area (Å²) in [6, 6.07) is -0.456. The average molecular weight is 230 g/mol. The first-order chi connectivity index (χ1) is 6.06. The lowest BCUT2D eigenvalue weighted by atomic mass is 10.1. The average Bonchev–Trinajstić information content (AvgIpc) is 2.02. The topological polar surface area (TPSA) is 26.0 Å². The molecule has 80 valence electrons. The number of hydrogen-bond acceptors (Lipinski definition) is 1. The van der Waals surface area contributed by atoms with Crippen molar-refractivity contribution in [1.82, 2.24) is 0 Å². The molecule has 0 aliphatic carbocycles. The highest BCUT2D eigenvalue weighted by Crippen LogP contribution is 2.20. The number of alkyl halides is 1. The minimum atomic E-state index is -1.39. The van der Waals surface area contributed by atoms with E-state index < -0.39 is 35.7 Å². The first-order valence-corrected chi connectivity index (χ1v) is 3.52. The molecule has 0 aliphatic rings. The van der Waals surface area contributed by atoms with E-state index in [1.807, 2.05) is 0 Å². The Morgan fingerprint density at radius 2 is 1.57 bits per heavy atom. The van der Waals surface area contributed by atoms with Crippen LogP contribution < -0.4 is 5.73 Å². The minimum absolute atomic E-state index is 0. The van der Waals surface area contributed by atoms with E-state index in [1.165, 1.54) is 0 Å². The van der Waals surface area contributed by atoms with E-state index >= 15 is 0 Å². The maximum atomic E-state index is 12.8. The number of benzene rings is 1. The monoisotopic (exact) mass is 229 g/mol. The van der Waals surface area contributed by atoms with Gasteiger partial charge in [0.15, 0.2) is 0 Å². The zero-order chi connectivity index (χ0) is 10.0. The molecular formula is C8H8ClF4N. The van der Waals surface area contributed by atoms with E-state index in [2.05, 4.69) is 0 Å². The van der Waals surface area contributed by atoms with Crippen molar-refractivity contribution in [2.45, 2.75) is 6.04 Å². The van der Waals surface area contributed by atoms with Gasteiger partial charge in [0.25, 0.3) is 0 Å². The molecule has 0 saturated heterocycles. The lowest BCUT2D eigenvalue weighted by Gasteiger charge is -2.09. The van der Waals surface area contributed by atoms with Crippen LogP contribution >= 0.6 is 12.4 Å². The first kappa shape index (κ1) is 13.2. The molecule has 14 heavy (non-hydrogen) atoms. The maximum absolute atomic E-state index is 12.8. The second-order valence-corrected chi connectivity index (χ2v) is 2.54. The van der Waals surface area contributed by atoms with Crippen LogP contribution in [0.1, 0.15) is 11.6 Å². The van der Waals surface area contributed by atoms with Crippen LogP contribution in [0.4, 0.5) is 17.6 Å². The molecule has 1 aromatic carbocycles. The summed E-state index contributed by atoms with van der Waals surface area (Å²) in [5, 5.41) is 0. The van der Waals surface area contributed by atoms with Crippen molar-refractivity contribution in [3.05, 3.63) is 35.1 Å². The van der Waals surface area contributed by atoms with Crippen molar-refractivity contribution in [2.24, 2.45) is 5.73 Å². The van der Waals surface area contributed by atoms with E-state index in [0.717, 1.165) is 0 Å². The van der Waals surface area contributed by atoms with Gasteiger partial charge in [-0.05, 0) is 0 Å². The van der Waals surface area contributed by atoms with Crippen LogP contribution in [-0.4, -0.2) is 6.67 Å². The second kappa shape index (κ2) is 5.17. The SMILES string of the molecule is Cl.N[C@@H](CF)c1c(F)cc(F)cc1F. The first-order valence-electron chi connectivity index (χ1n) is 3.52. The molecule has 0 radical (unpaired) electrons. The van der Waals surface area contributed by atoms with E-state index in [4.69, 9.17) is 5.73 Å². The highest BCUT2D eigenvalue weighted by atomic mass is 35.5. The normalized spacial score (nSPS) is 12.1. The summed E-state index contributed by atoms with van der Waals surface area (Å²) in [4.78, 5) is 0. The van der Waals surface area contributed by atoms with Gasteiger partial charge in [0.1, 0.15) is 24.1 Å². The molecule has 0 heterocycles. The molecule has 0 unspecified atom stereocenters. The summed E-state index contributed by atoms with van der Waals surface area (Å²) in [6.45, 7) is -1.10. The minimum Gasteiger partial charge on any atom is -0.322 e. The Hall–Kier alpha value is -0.810. The maximum Gasteiger partial charge on any atom is 0.133 e. The molecule has 0 fully saturated rings. The largest absolute Gasteiger partial charge is 0.322 e. The van der Waals surface area contributed by atoms with Crippen LogP contribution in [0.3, 0.4) is 0 Å². The van der Waals surface area contributed by atoms with Crippen molar-refractivity contribution < 1.29 is 17.6 Å². The van der Waals surface area contributed by atoms with Crippen molar-refractivity contribution in [3.8, 4) is 0 Å². The molecule has 0 saturated carbocycles. The predicted molar refractivity (Wildman–Crippen MR) is 46.5 cm³/mol. The van der Waals surface area contributed by atoms with E-state index in [0.29, 0.717) is 12.1 Å². The van der Waals surface area contributed by atoms with Crippen molar-refractivity contribution >= 4 is 12.4 Å². The van der Waals surface area contributed by atoms with Crippen molar-refractivity contribution in [3.63, 3.8) is 0 Å². The second-order valence-electron chi connectivity index (χ2n) is 2.54. The van der Waals surface area contributed by atoms with Crippen LogP contribution in [0.25, 0.3) is 0 Å².